The number of hydrogen-bond acceptors (Lipinski definition) is 15. The van der Waals surface area contributed by atoms with Gasteiger partial charge in [0.05, 0.1) is 21.6 Å². The van der Waals surface area contributed by atoms with Crippen LogP contribution in [0, 0.1) is 6.92 Å². The Morgan fingerprint density at radius 3 is 2.05 bits per heavy atom. The van der Waals surface area contributed by atoms with E-state index in [-0.39, 0.29) is 18.9 Å². The summed E-state index contributed by atoms with van der Waals surface area (Å²) in [6, 6.07) is 0. The van der Waals surface area contributed by atoms with Gasteiger partial charge >= 0.3 is 23.9 Å². The van der Waals surface area contributed by atoms with Crippen LogP contribution in [0.4, 0.5) is 5.13 Å². The van der Waals surface area contributed by atoms with Crippen LogP contribution in [0.15, 0.2) is 10.1 Å². The first-order valence-electron chi connectivity index (χ1n) is 11.5. The first-order valence-corrected chi connectivity index (χ1v) is 14.0. The molecule has 212 valence electrons. The van der Waals surface area contributed by atoms with Crippen molar-refractivity contribution in [1.29, 1.82) is 0 Å². The molecule has 0 amide bonds. The molecule has 5 unspecified atom stereocenters. The molecule has 0 saturated carbocycles. The number of halogens is 1. The molecule has 0 aliphatic carbocycles. The maximum Gasteiger partial charge on any atom is 0.303 e. The zero-order chi connectivity index (χ0) is 28.9. The summed E-state index contributed by atoms with van der Waals surface area (Å²) in [6.07, 6.45) is -4.30. The summed E-state index contributed by atoms with van der Waals surface area (Å²) < 4.78 is 28.0. The van der Waals surface area contributed by atoms with Crippen LogP contribution in [0.3, 0.4) is 0 Å². The molecular formula is C23H26BrN3O10S2. The molecule has 1 saturated heterocycles. The van der Waals surface area contributed by atoms with Crippen molar-refractivity contribution in [3.8, 4) is 0 Å². The third-order valence-electron chi connectivity index (χ3n) is 5.25. The number of carbonyl (C=O) groups excluding carboxylic acids is 5. The van der Waals surface area contributed by atoms with E-state index in [1.807, 2.05) is 0 Å². The number of ketones is 1. The number of carbonyl (C=O) groups is 5. The molecule has 0 radical (unpaired) electrons. The van der Waals surface area contributed by atoms with Crippen molar-refractivity contribution in [3.63, 3.8) is 0 Å². The van der Waals surface area contributed by atoms with Crippen molar-refractivity contribution >= 4 is 73.4 Å². The van der Waals surface area contributed by atoms with Crippen LogP contribution in [0.2, 0.25) is 0 Å². The number of aromatic nitrogens is 2. The molecule has 5 atom stereocenters. The minimum absolute atomic E-state index is 0.0225. The van der Waals surface area contributed by atoms with Gasteiger partial charge in [-0.2, -0.15) is 0 Å². The van der Waals surface area contributed by atoms with Crippen LogP contribution in [-0.4, -0.2) is 83.3 Å². The van der Waals surface area contributed by atoms with Gasteiger partial charge in [-0.15, -0.1) is 11.3 Å². The van der Waals surface area contributed by atoms with Crippen LogP contribution in [-0.2, 0) is 42.9 Å². The van der Waals surface area contributed by atoms with Crippen molar-refractivity contribution < 1.29 is 47.7 Å². The number of aryl methyl sites for hydroxylation is 1. The summed E-state index contributed by atoms with van der Waals surface area (Å²) >= 11 is 5.59. The standard InChI is InChI=1S/C23H26BrN3O10S2/c1-9-21(39-22(24)27-9)17(32)16-7-26-23(38-16)25-6-14-18(34-11(3)29)20(36-13(5)31)19(35-12(4)30)15(37-14)8-33-10(2)28/h7,14-15,18-20H,6,8H2,1-5H3,(H,25,26). The molecule has 0 bridgehead atoms. The van der Waals surface area contributed by atoms with E-state index in [0.29, 0.717) is 24.5 Å². The first kappa shape index (κ1) is 30.6. The van der Waals surface area contributed by atoms with Crippen molar-refractivity contribution in [1.82, 2.24) is 9.97 Å². The van der Waals surface area contributed by atoms with E-state index in [1.165, 1.54) is 31.4 Å². The number of nitrogens with one attached hydrogen (secondary N) is 1. The average Bonchev–Trinajstić information content (AvgIpc) is 3.44. The maximum atomic E-state index is 12.9. The fraction of sp³-hybridized carbons (Fsp3) is 0.522. The number of nitrogens with zero attached hydrogens (tertiary/aromatic N) is 2. The van der Waals surface area contributed by atoms with E-state index < -0.39 is 54.4 Å². The Balaban J connectivity index is 1.85. The lowest BCUT2D eigenvalue weighted by Gasteiger charge is -2.44. The van der Waals surface area contributed by atoms with Crippen molar-refractivity contribution in [2.45, 2.75) is 65.1 Å². The van der Waals surface area contributed by atoms with Crippen LogP contribution in [0.5, 0.6) is 0 Å². The van der Waals surface area contributed by atoms with Crippen LogP contribution in [0.1, 0.15) is 47.9 Å². The molecule has 1 N–H and O–H groups in total. The van der Waals surface area contributed by atoms with Gasteiger partial charge in [-0.1, -0.05) is 11.3 Å². The minimum Gasteiger partial charge on any atom is -0.463 e. The van der Waals surface area contributed by atoms with Crippen LogP contribution in [0.25, 0.3) is 0 Å². The normalized spacial score (nSPS) is 22.5. The summed E-state index contributed by atoms with van der Waals surface area (Å²) in [5.74, 6) is -2.96. The Morgan fingerprint density at radius 1 is 0.923 bits per heavy atom. The highest BCUT2D eigenvalue weighted by Crippen LogP contribution is 2.31. The van der Waals surface area contributed by atoms with Gasteiger partial charge in [0.25, 0.3) is 0 Å². The summed E-state index contributed by atoms with van der Waals surface area (Å²) in [4.78, 5) is 69.4. The van der Waals surface area contributed by atoms with Gasteiger partial charge in [0.15, 0.2) is 27.4 Å². The highest BCUT2D eigenvalue weighted by atomic mass is 79.9. The van der Waals surface area contributed by atoms with E-state index in [1.54, 1.807) is 6.92 Å². The van der Waals surface area contributed by atoms with Gasteiger partial charge in [-0.25, -0.2) is 9.97 Å². The number of hydrogen-bond donors (Lipinski definition) is 1. The maximum absolute atomic E-state index is 12.9. The molecule has 3 heterocycles. The molecule has 1 aliphatic rings. The second-order valence-electron chi connectivity index (χ2n) is 8.36. The Morgan fingerprint density at radius 2 is 1.51 bits per heavy atom. The highest BCUT2D eigenvalue weighted by Gasteiger charge is 2.52. The quantitative estimate of drug-likeness (QED) is 0.227. The molecule has 2 aromatic heterocycles. The number of thiazole rings is 2. The van der Waals surface area contributed by atoms with E-state index in [9.17, 15) is 24.0 Å². The zero-order valence-electron chi connectivity index (χ0n) is 21.5. The lowest BCUT2D eigenvalue weighted by molar-refractivity contribution is -0.250. The Hall–Kier alpha value is -2.95. The fourth-order valence-electron chi connectivity index (χ4n) is 3.82. The van der Waals surface area contributed by atoms with Crippen molar-refractivity contribution in [2.75, 3.05) is 18.5 Å². The van der Waals surface area contributed by atoms with Crippen LogP contribution >= 0.6 is 38.6 Å². The SMILES string of the molecule is CC(=O)OCC1OC(CNc2ncc(C(=O)c3sc(Br)nc3C)s2)C(OC(C)=O)C(OC(C)=O)C1OC(C)=O. The Bertz CT molecular complexity index is 1250. The smallest absolute Gasteiger partial charge is 0.303 e. The zero-order valence-corrected chi connectivity index (χ0v) is 24.8. The van der Waals surface area contributed by atoms with E-state index in [0.717, 1.165) is 25.2 Å². The van der Waals surface area contributed by atoms with Crippen LogP contribution < -0.4 is 5.32 Å². The minimum atomic E-state index is -1.27. The molecule has 39 heavy (non-hydrogen) atoms. The van der Waals surface area contributed by atoms with Gasteiger partial charge in [0, 0.05) is 34.2 Å². The number of anilines is 1. The van der Waals surface area contributed by atoms with Gasteiger partial charge in [0.2, 0.25) is 5.78 Å². The Labute approximate surface area is 239 Å². The second kappa shape index (κ2) is 13.4. The lowest BCUT2D eigenvalue weighted by Crippen LogP contribution is -2.63. The van der Waals surface area contributed by atoms with E-state index in [2.05, 4.69) is 31.2 Å². The molecule has 2 aromatic rings. The van der Waals surface area contributed by atoms with Gasteiger partial charge < -0.3 is 29.0 Å². The fourth-order valence-corrected chi connectivity index (χ4v) is 6.15. The molecular weight excluding hydrogens is 622 g/mol. The van der Waals surface area contributed by atoms with Gasteiger partial charge in [-0.05, 0) is 22.9 Å². The molecule has 13 nitrogen and oxygen atoms in total. The number of rotatable bonds is 10. The molecule has 0 aromatic carbocycles. The average molecular weight is 649 g/mol. The highest BCUT2D eigenvalue weighted by molar-refractivity contribution is 9.11. The summed E-state index contributed by atoms with van der Waals surface area (Å²) in [6.45, 7) is 6.05. The third-order valence-corrected chi connectivity index (χ3v) is 7.81. The van der Waals surface area contributed by atoms with Crippen molar-refractivity contribution in [3.05, 3.63) is 25.6 Å². The monoisotopic (exact) mass is 647 g/mol. The molecule has 1 fully saturated rings. The van der Waals surface area contributed by atoms with Crippen molar-refractivity contribution in [2.24, 2.45) is 0 Å². The molecule has 3 rings (SSSR count). The number of esters is 4. The Kier molecular flexibility index (Phi) is 10.5. The molecule has 16 heteroatoms. The molecule has 0 spiro atoms. The topological polar surface area (TPSA) is 169 Å². The van der Waals surface area contributed by atoms with Gasteiger partial charge in [0.1, 0.15) is 18.8 Å². The number of ether oxygens (including phenoxy) is 5. The predicted molar refractivity (Wildman–Crippen MR) is 141 cm³/mol. The first-order chi connectivity index (χ1) is 18.3. The van der Waals surface area contributed by atoms with Gasteiger partial charge in [-0.3, -0.25) is 24.0 Å². The summed E-state index contributed by atoms with van der Waals surface area (Å²) in [7, 11) is 0. The predicted octanol–water partition coefficient (Wildman–Crippen LogP) is 2.44. The summed E-state index contributed by atoms with van der Waals surface area (Å²) in [5, 5.41) is 3.41. The largest absolute Gasteiger partial charge is 0.463 e. The second-order valence-corrected chi connectivity index (χ2v) is 11.7. The third kappa shape index (κ3) is 8.27. The summed E-state index contributed by atoms with van der Waals surface area (Å²) in [5.41, 5.74) is 0.595. The van der Waals surface area contributed by atoms with E-state index >= 15 is 0 Å². The molecule has 1 aliphatic heterocycles. The lowest BCUT2D eigenvalue weighted by atomic mass is 9.94. The van der Waals surface area contributed by atoms with E-state index in [4.69, 9.17) is 23.7 Å².